The lowest BCUT2D eigenvalue weighted by Gasteiger charge is -2.23. The molecule has 1 unspecified atom stereocenters. The zero-order valence-corrected chi connectivity index (χ0v) is 12.6. The smallest absolute Gasteiger partial charge is 0.311 e. The van der Waals surface area contributed by atoms with Crippen LogP contribution in [-0.2, 0) is 0 Å². The van der Waals surface area contributed by atoms with Gasteiger partial charge < -0.3 is 19.9 Å². The van der Waals surface area contributed by atoms with Gasteiger partial charge in [-0.1, -0.05) is 6.92 Å². The molecule has 1 aromatic rings. The largest absolute Gasteiger partial charge is 0.497 e. The van der Waals surface area contributed by atoms with E-state index in [-0.39, 0.29) is 18.0 Å². The number of benzene rings is 1. The molecule has 0 saturated heterocycles. The Labute approximate surface area is 124 Å². The fraction of sp³-hybridized carbons (Fsp3) is 0.571. The first-order chi connectivity index (χ1) is 9.89. The van der Waals surface area contributed by atoms with Crippen LogP contribution in [0.4, 0.5) is 5.69 Å². The van der Waals surface area contributed by atoms with E-state index in [1.54, 1.807) is 6.92 Å². The number of nitro groups is 1. The molecule has 0 aromatic heterocycles. The maximum absolute atomic E-state index is 11.0. The van der Waals surface area contributed by atoms with Crippen LogP contribution >= 0.6 is 0 Å². The van der Waals surface area contributed by atoms with Crippen molar-refractivity contribution >= 4 is 5.69 Å². The maximum Gasteiger partial charge on any atom is 0.311 e. The predicted molar refractivity (Wildman–Crippen MR) is 78.9 cm³/mol. The molecule has 2 N–H and O–H groups in total. The van der Waals surface area contributed by atoms with Gasteiger partial charge in [0.1, 0.15) is 18.0 Å². The highest BCUT2D eigenvalue weighted by atomic mass is 16.6. The van der Waals surface area contributed by atoms with E-state index in [4.69, 9.17) is 9.47 Å². The number of hydrogen-bond acceptors (Lipinski definition) is 6. The molecule has 0 spiro atoms. The molecule has 21 heavy (non-hydrogen) atoms. The molecule has 7 nitrogen and oxygen atoms in total. The highest BCUT2D eigenvalue weighted by Gasteiger charge is 2.24. The molecule has 118 valence electrons. The van der Waals surface area contributed by atoms with Crippen molar-refractivity contribution in [3.63, 3.8) is 0 Å². The zero-order valence-electron chi connectivity index (χ0n) is 12.6. The normalized spacial score (nSPS) is 13.5. The van der Waals surface area contributed by atoms with Crippen LogP contribution < -0.4 is 14.8 Å². The van der Waals surface area contributed by atoms with E-state index < -0.39 is 10.5 Å². The molecule has 1 atom stereocenters. The van der Waals surface area contributed by atoms with Crippen molar-refractivity contribution in [1.82, 2.24) is 5.32 Å². The average Bonchev–Trinajstić information content (AvgIpc) is 2.45. The molecule has 1 rings (SSSR count). The standard InChI is InChI=1S/C14H22N2O5/c1-4-7-15-9-14(2,17)10-21-13-8-11(20-3)5-6-12(13)16(18)19/h5-6,8,15,17H,4,7,9-10H2,1-3H3. The molecule has 0 radical (unpaired) electrons. The van der Waals surface area contributed by atoms with Crippen molar-refractivity contribution in [3.8, 4) is 11.5 Å². The molecule has 1 aromatic carbocycles. The Hall–Kier alpha value is -1.86. The Morgan fingerprint density at radius 3 is 2.76 bits per heavy atom. The second-order valence-electron chi connectivity index (χ2n) is 5.05. The van der Waals surface area contributed by atoms with E-state index in [1.165, 1.54) is 25.3 Å². The van der Waals surface area contributed by atoms with Crippen molar-refractivity contribution in [3.05, 3.63) is 28.3 Å². The number of aliphatic hydroxyl groups is 1. The monoisotopic (exact) mass is 298 g/mol. The van der Waals surface area contributed by atoms with Crippen LogP contribution in [-0.4, -0.2) is 42.4 Å². The molecule has 0 fully saturated rings. The van der Waals surface area contributed by atoms with Crippen molar-refractivity contribution < 1.29 is 19.5 Å². The third-order valence-corrected chi connectivity index (χ3v) is 2.83. The number of nitro benzene ring substituents is 1. The Morgan fingerprint density at radius 2 is 2.19 bits per heavy atom. The molecule has 0 aliphatic carbocycles. The molecule has 0 bridgehead atoms. The summed E-state index contributed by atoms with van der Waals surface area (Å²) in [5, 5.41) is 24.2. The lowest BCUT2D eigenvalue weighted by Crippen LogP contribution is -2.43. The van der Waals surface area contributed by atoms with E-state index in [9.17, 15) is 15.2 Å². The van der Waals surface area contributed by atoms with Gasteiger partial charge in [0.2, 0.25) is 5.75 Å². The van der Waals surface area contributed by atoms with Crippen LogP contribution in [0.25, 0.3) is 0 Å². The predicted octanol–water partition coefficient (Wildman–Crippen LogP) is 1.73. The number of hydrogen-bond donors (Lipinski definition) is 2. The average molecular weight is 298 g/mol. The molecule has 0 saturated carbocycles. The van der Waals surface area contributed by atoms with Crippen LogP contribution in [0, 0.1) is 10.1 Å². The van der Waals surface area contributed by atoms with Crippen molar-refractivity contribution in [2.24, 2.45) is 0 Å². The molecule has 0 aliphatic heterocycles. The number of rotatable bonds is 9. The van der Waals surface area contributed by atoms with E-state index >= 15 is 0 Å². The van der Waals surface area contributed by atoms with Crippen LogP contribution in [0.2, 0.25) is 0 Å². The minimum absolute atomic E-state index is 0.0578. The first-order valence-corrected chi connectivity index (χ1v) is 6.78. The van der Waals surface area contributed by atoms with E-state index in [2.05, 4.69) is 5.32 Å². The fourth-order valence-electron chi connectivity index (χ4n) is 1.71. The van der Waals surface area contributed by atoms with Gasteiger partial charge in [-0.2, -0.15) is 0 Å². The summed E-state index contributed by atoms with van der Waals surface area (Å²) >= 11 is 0. The summed E-state index contributed by atoms with van der Waals surface area (Å²) < 4.78 is 10.4. The van der Waals surface area contributed by atoms with Crippen LogP contribution in [0.3, 0.4) is 0 Å². The topological polar surface area (TPSA) is 93.9 Å². The summed E-state index contributed by atoms with van der Waals surface area (Å²) in [5.41, 5.74) is -1.28. The van der Waals surface area contributed by atoms with Crippen LogP contribution in [0.5, 0.6) is 11.5 Å². The summed E-state index contributed by atoms with van der Waals surface area (Å²) in [5.74, 6) is 0.537. The second kappa shape index (κ2) is 7.80. The molecular formula is C14H22N2O5. The number of methoxy groups -OCH3 is 1. The maximum atomic E-state index is 11.0. The Bertz CT molecular complexity index is 476. The summed E-state index contributed by atoms with van der Waals surface area (Å²) in [6.45, 7) is 4.71. The van der Waals surface area contributed by atoms with Crippen molar-refractivity contribution in [2.75, 3.05) is 26.8 Å². The minimum Gasteiger partial charge on any atom is -0.497 e. The quantitative estimate of drug-likeness (QED) is 0.410. The summed E-state index contributed by atoms with van der Waals surface area (Å²) in [6.07, 6.45) is 0.957. The first kappa shape index (κ1) is 17.2. The van der Waals surface area contributed by atoms with Gasteiger partial charge in [-0.3, -0.25) is 10.1 Å². The van der Waals surface area contributed by atoms with E-state index in [1.807, 2.05) is 6.92 Å². The van der Waals surface area contributed by atoms with Gasteiger partial charge in [-0.15, -0.1) is 0 Å². The third kappa shape index (κ3) is 5.57. The number of nitrogens with one attached hydrogen (secondary N) is 1. The Balaban J connectivity index is 2.74. The first-order valence-electron chi connectivity index (χ1n) is 6.78. The van der Waals surface area contributed by atoms with Gasteiger partial charge in [-0.25, -0.2) is 0 Å². The van der Waals surface area contributed by atoms with Gasteiger partial charge in [0.25, 0.3) is 0 Å². The SMILES string of the molecule is CCCNCC(C)(O)COc1cc(OC)ccc1[N+](=O)[O-]. The van der Waals surface area contributed by atoms with Gasteiger partial charge >= 0.3 is 5.69 Å². The fourth-order valence-corrected chi connectivity index (χ4v) is 1.71. The summed E-state index contributed by atoms with van der Waals surface area (Å²) in [4.78, 5) is 10.4. The van der Waals surface area contributed by atoms with Gasteiger partial charge in [0.15, 0.2) is 0 Å². The number of nitrogens with zero attached hydrogens (tertiary/aromatic N) is 1. The minimum atomic E-state index is -1.12. The highest BCUT2D eigenvalue weighted by molar-refractivity contribution is 5.50. The summed E-state index contributed by atoms with van der Waals surface area (Å²) in [7, 11) is 1.47. The van der Waals surface area contributed by atoms with Crippen molar-refractivity contribution in [2.45, 2.75) is 25.9 Å². The van der Waals surface area contributed by atoms with Crippen LogP contribution in [0.1, 0.15) is 20.3 Å². The summed E-state index contributed by atoms with van der Waals surface area (Å²) in [6, 6.07) is 4.25. The van der Waals surface area contributed by atoms with Crippen molar-refractivity contribution in [1.29, 1.82) is 0 Å². The van der Waals surface area contributed by atoms with E-state index in [0.29, 0.717) is 12.3 Å². The van der Waals surface area contributed by atoms with E-state index in [0.717, 1.165) is 13.0 Å². The molecular weight excluding hydrogens is 276 g/mol. The lowest BCUT2D eigenvalue weighted by molar-refractivity contribution is -0.386. The highest BCUT2D eigenvalue weighted by Crippen LogP contribution is 2.31. The number of ether oxygens (including phenoxy) is 2. The molecule has 0 aliphatic rings. The Kier molecular flexibility index (Phi) is 6.39. The lowest BCUT2D eigenvalue weighted by atomic mass is 10.1. The van der Waals surface area contributed by atoms with Gasteiger partial charge in [-0.05, 0) is 26.0 Å². The van der Waals surface area contributed by atoms with Gasteiger partial charge in [0, 0.05) is 18.7 Å². The molecule has 7 heteroatoms. The zero-order chi connectivity index (χ0) is 15.9. The third-order valence-electron chi connectivity index (χ3n) is 2.83. The molecule has 0 amide bonds. The Morgan fingerprint density at radius 1 is 1.48 bits per heavy atom. The second-order valence-corrected chi connectivity index (χ2v) is 5.05. The molecule has 0 heterocycles. The van der Waals surface area contributed by atoms with Gasteiger partial charge in [0.05, 0.1) is 12.0 Å². The van der Waals surface area contributed by atoms with Crippen LogP contribution in [0.15, 0.2) is 18.2 Å².